The van der Waals surface area contributed by atoms with Crippen LogP contribution in [-0.2, 0) is 14.3 Å². The molecule has 3 aromatic rings. The van der Waals surface area contributed by atoms with Crippen molar-refractivity contribution in [2.75, 3.05) is 25.1 Å². The van der Waals surface area contributed by atoms with Crippen molar-refractivity contribution >= 4 is 34.0 Å². The summed E-state index contributed by atoms with van der Waals surface area (Å²) in [5, 5.41) is 5.60. The Balaban J connectivity index is 1.49. The van der Waals surface area contributed by atoms with E-state index in [0.717, 1.165) is 27.8 Å². The SMILES string of the molecule is CCOc1ccc(NC(=O)C2(C)COC(c3ccc(Cl)cc3)OC2)c2ccccc12. The topological polar surface area (TPSA) is 56.8 Å². The third kappa shape index (κ3) is 4.15. The van der Waals surface area contributed by atoms with Crippen molar-refractivity contribution in [2.24, 2.45) is 5.41 Å². The van der Waals surface area contributed by atoms with Crippen LogP contribution in [0, 0.1) is 5.41 Å². The molecule has 0 aromatic heterocycles. The molecule has 156 valence electrons. The van der Waals surface area contributed by atoms with Gasteiger partial charge in [-0.1, -0.05) is 48.0 Å². The lowest BCUT2D eigenvalue weighted by Crippen LogP contribution is -2.45. The van der Waals surface area contributed by atoms with Crippen molar-refractivity contribution in [3.05, 3.63) is 71.2 Å². The number of hydrogen-bond donors (Lipinski definition) is 1. The highest BCUT2D eigenvalue weighted by atomic mass is 35.5. The molecule has 1 saturated heterocycles. The van der Waals surface area contributed by atoms with E-state index in [1.807, 2.05) is 62.4 Å². The molecule has 30 heavy (non-hydrogen) atoms. The van der Waals surface area contributed by atoms with E-state index in [9.17, 15) is 4.79 Å². The van der Waals surface area contributed by atoms with Crippen molar-refractivity contribution in [3.8, 4) is 5.75 Å². The smallest absolute Gasteiger partial charge is 0.235 e. The molecule has 0 saturated carbocycles. The van der Waals surface area contributed by atoms with Crippen LogP contribution in [0.15, 0.2) is 60.7 Å². The van der Waals surface area contributed by atoms with Gasteiger partial charge in [-0.2, -0.15) is 0 Å². The van der Waals surface area contributed by atoms with Gasteiger partial charge in [0.05, 0.1) is 25.2 Å². The van der Waals surface area contributed by atoms with E-state index in [4.69, 9.17) is 25.8 Å². The van der Waals surface area contributed by atoms with Crippen LogP contribution in [-0.4, -0.2) is 25.7 Å². The lowest BCUT2D eigenvalue weighted by atomic mass is 9.90. The number of hydrogen-bond acceptors (Lipinski definition) is 4. The first-order valence-electron chi connectivity index (χ1n) is 9.95. The lowest BCUT2D eigenvalue weighted by molar-refractivity contribution is -0.226. The quantitative estimate of drug-likeness (QED) is 0.579. The van der Waals surface area contributed by atoms with Crippen molar-refractivity contribution < 1.29 is 19.0 Å². The first kappa shape index (κ1) is 20.7. The second-order valence-corrected chi connectivity index (χ2v) is 8.05. The zero-order valence-corrected chi connectivity index (χ0v) is 17.7. The summed E-state index contributed by atoms with van der Waals surface area (Å²) in [5.41, 5.74) is 0.808. The molecule has 1 amide bonds. The first-order chi connectivity index (χ1) is 14.5. The number of carbonyl (C=O) groups excluding carboxylic acids is 1. The summed E-state index contributed by atoms with van der Waals surface area (Å²) in [6, 6.07) is 18.9. The molecule has 0 unspecified atom stereocenters. The molecule has 1 N–H and O–H groups in total. The molecule has 6 heteroatoms. The Bertz CT molecular complexity index is 1040. The van der Waals surface area contributed by atoms with Crippen LogP contribution < -0.4 is 10.1 Å². The number of ether oxygens (including phenoxy) is 3. The molecular weight excluding hydrogens is 402 g/mol. The normalized spacial score (nSPS) is 21.4. The van der Waals surface area contributed by atoms with Gasteiger partial charge in [0, 0.05) is 27.0 Å². The molecule has 1 aliphatic heterocycles. The number of halogens is 1. The number of nitrogens with one attached hydrogen (secondary N) is 1. The molecule has 4 rings (SSSR count). The average molecular weight is 426 g/mol. The van der Waals surface area contributed by atoms with Crippen LogP contribution in [0.3, 0.4) is 0 Å². The summed E-state index contributed by atoms with van der Waals surface area (Å²) in [6.07, 6.45) is -0.505. The van der Waals surface area contributed by atoms with Crippen molar-refractivity contribution in [3.63, 3.8) is 0 Å². The average Bonchev–Trinajstić information content (AvgIpc) is 2.77. The highest BCUT2D eigenvalue weighted by Crippen LogP contribution is 2.35. The van der Waals surface area contributed by atoms with E-state index in [-0.39, 0.29) is 19.1 Å². The van der Waals surface area contributed by atoms with Crippen molar-refractivity contribution in [2.45, 2.75) is 20.1 Å². The minimum atomic E-state index is -0.803. The van der Waals surface area contributed by atoms with Gasteiger partial charge in [0.2, 0.25) is 5.91 Å². The Morgan fingerprint density at radius 3 is 2.40 bits per heavy atom. The van der Waals surface area contributed by atoms with E-state index in [1.54, 1.807) is 12.1 Å². The molecule has 0 radical (unpaired) electrons. The van der Waals surface area contributed by atoms with Gasteiger partial charge >= 0.3 is 0 Å². The Hall–Kier alpha value is -2.60. The lowest BCUT2D eigenvalue weighted by Gasteiger charge is -2.36. The summed E-state index contributed by atoms with van der Waals surface area (Å²) in [5.74, 6) is 0.652. The van der Waals surface area contributed by atoms with E-state index >= 15 is 0 Å². The second kappa shape index (κ2) is 8.64. The van der Waals surface area contributed by atoms with Gasteiger partial charge in [0.25, 0.3) is 0 Å². The largest absolute Gasteiger partial charge is 0.493 e. The molecular formula is C24H24ClNO4. The van der Waals surface area contributed by atoms with E-state index in [2.05, 4.69) is 5.32 Å². The molecule has 1 fully saturated rings. The van der Waals surface area contributed by atoms with E-state index < -0.39 is 11.7 Å². The number of fused-ring (bicyclic) bond motifs is 1. The fraction of sp³-hybridized carbons (Fsp3) is 0.292. The third-order valence-corrected chi connectivity index (χ3v) is 5.48. The Labute approximate surface area is 180 Å². The fourth-order valence-corrected chi connectivity index (χ4v) is 3.61. The predicted molar refractivity (Wildman–Crippen MR) is 118 cm³/mol. The minimum absolute atomic E-state index is 0.147. The zero-order valence-electron chi connectivity index (χ0n) is 17.0. The Morgan fingerprint density at radius 2 is 1.73 bits per heavy atom. The highest BCUT2D eigenvalue weighted by Gasteiger charge is 2.40. The van der Waals surface area contributed by atoms with Crippen LogP contribution >= 0.6 is 11.6 Å². The number of carbonyl (C=O) groups is 1. The fourth-order valence-electron chi connectivity index (χ4n) is 3.49. The maximum absolute atomic E-state index is 13.1. The van der Waals surface area contributed by atoms with Gasteiger partial charge < -0.3 is 19.5 Å². The number of anilines is 1. The number of amides is 1. The second-order valence-electron chi connectivity index (χ2n) is 7.61. The summed E-state index contributed by atoms with van der Waals surface area (Å²) < 4.78 is 17.5. The maximum atomic E-state index is 13.1. The highest BCUT2D eigenvalue weighted by molar-refractivity contribution is 6.30. The first-order valence-corrected chi connectivity index (χ1v) is 10.3. The molecule has 1 aliphatic rings. The van der Waals surface area contributed by atoms with Crippen LogP contribution in [0.1, 0.15) is 25.7 Å². The number of benzene rings is 3. The Morgan fingerprint density at radius 1 is 1.07 bits per heavy atom. The van der Waals surface area contributed by atoms with Gasteiger partial charge in [0.15, 0.2) is 6.29 Å². The van der Waals surface area contributed by atoms with Gasteiger partial charge in [-0.15, -0.1) is 0 Å². The Kier molecular flexibility index (Phi) is 5.95. The molecule has 5 nitrogen and oxygen atoms in total. The third-order valence-electron chi connectivity index (χ3n) is 5.23. The van der Waals surface area contributed by atoms with Gasteiger partial charge in [-0.25, -0.2) is 0 Å². The van der Waals surface area contributed by atoms with E-state index in [0.29, 0.717) is 11.6 Å². The van der Waals surface area contributed by atoms with Crippen LogP contribution in [0.25, 0.3) is 10.8 Å². The van der Waals surface area contributed by atoms with Gasteiger partial charge in [0.1, 0.15) is 5.75 Å². The summed E-state index contributed by atoms with van der Waals surface area (Å²) in [4.78, 5) is 13.1. The van der Waals surface area contributed by atoms with Crippen LogP contribution in [0.5, 0.6) is 5.75 Å². The van der Waals surface area contributed by atoms with Crippen LogP contribution in [0.2, 0.25) is 5.02 Å². The molecule has 1 heterocycles. The van der Waals surface area contributed by atoms with Gasteiger partial charge in [-0.05, 0) is 38.1 Å². The monoisotopic (exact) mass is 425 g/mol. The molecule has 0 aliphatic carbocycles. The minimum Gasteiger partial charge on any atom is -0.493 e. The molecule has 0 atom stereocenters. The molecule has 0 bridgehead atoms. The standard InChI is InChI=1S/C24H24ClNO4/c1-3-28-21-13-12-20(18-6-4-5-7-19(18)21)26-23(27)24(2)14-29-22(30-15-24)16-8-10-17(25)11-9-16/h4-13,22H,3,14-15H2,1-2H3,(H,26,27). The summed E-state index contributed by atoms with van der Waals surface area (Å²) in [7, 11) is 0. The van der Waals surface area contributed by atoms with Gasteiger partial charge in [-0.3, -0.25) is 4.79 Å². The predicted octanol–water partition coefficient (Wildman–Crippen LogP) is 5.58. The summed E-state index contributed by atoms with van der Waals surface area (Å²) in [6.45, 7) is 4.88. The number of rotatable bonds is 5. The van der Waals surface area contributed by atoms with Crippen molar-refractivity contribution in [1.82, 2.24) is 0 Å². The molecule has 0 spiro atoms. The van der Waals surface area contributed by atoms with E-state index in [1.165, 1.54) is 0 Å². The maximum Gasteiger partial charge on any atom is 0.235 e. The summed E-state index contributed by atoms with van der Waals surface area (Å²) >= 11 is 5.94. The van der Waals surface area contributed by atoms with Crippen LogP contribution in [0.4, 0.5) is 5.69 Å². The zero-order chi connectivity index (χ0) is 21.1. The molecule has 3 aromatic carbocycles. The van der Waals surface area contributed by atoms with Crippen molar-refractivity contribution in [1.29, 1.82) is 0 Å².